The average molecular weight is 369 g/mol. The zero-order chi connectivity index (χ0) is 15.0. The monoisotopic (exact) mass is 367 g/mol. The standard InChI is InChI=1S/C13H8BrClFN5/c14-12-8(2-1-3-11(12)17)13-18-19-20-21(13)7-4-5-10(16)9(15)6-7/h1-6H,17H2. The van der Waals surface area contributed by atoms with Gasteiger partial charge >= 0.3 is 0 Å². The zero-order valence-electron chi connectivity index (χ0n) is 10.5. The highest BCUT2D eigenvalue weighted by atomic mass is 79.9. The Bertz CT molecular complexity index is 820. The fraction of sp³-hybridized carbons (Fsp3) is 0. The number of rotatable bonds is 2. The maximum atomic E-state index is 13.3. The van der Waals surface area contributed by atoms with Crippen LogP contribution >= 0.6 is 27.5 Å². The Morgan fingerprint density at radius 1 is 1.24 bits per heavy atom. The van der Waals surface area contributed by atoms with E-state index in [4.69, 9.17) is 17.3 Å². The van der Waals surface area contributed by atoms with E-state index in [2.05, 4.69) is 31.5 Å². The molecule has 0 spiro atoms. The lowest BCUT2D eigenvalue weighted by molar-refractivity contribution is 0.627. The minimum absolute atomic E-state index is 0.000547. The number of benzene rings is 2. The number of tetrazole rings is 1. The quantitative estimate of drug-likeness (QED) is 0.703. The van der Waals surface area contributed by atoms with Gasteiger partial charge in [0.15, 0.2) is 5.82 Å². The van der Waals surface area contributed by atoms with Crippen LogP contribution in [0.25, 0.3) is 17.1 Å². The molecule has 0 fully saturated rings. The van der Waals surface area contributed by atoms with Crippen LogP contribution in [0.2, 0.25) is 5.02 Å². The molecule has 0 aliphatic heterocycles. The van der Waals surface area contributed by atoms with Gasteiger partial charge in [-0.05, 0) is 56.7 Å². The second-order valence-electron chi connectivity index (χ2n) is 4.22. The van der Waals surface area contributed by atoms with Crippen LogP contribution in [0, 0.1) is 5.82 Å². The van der Waals surface area contributed by atoms with Crippen molar-refractivity contribution >= 4 is 33.2 Å². The summed E-state index contributed by atoms with van der Waals surface area (Å²) in [5.41, 5.74) is 7.71. The number of hydrogen-bond donors (Lipinski definition) is 1. The van der Waals surface area contributed by atoms with Gasteiger partial charge in [-0.15, -0.1) is 5.10 Å². The molecule has 0 saturated carbocycles. The molecule has 5 nitrogen and oxygen atoms in total. The van der Waals surface area contributed by atoms with Crippen LogP contribution in [0.3, 0.4) is 0 Å². The van der Waals surface area contributed by atoms with E-state index in [0.717, 1.165) is 5.56 Å². The highest BCUT2D eigenvalue weighted by Crippen LogP contribution is 2.32. The Hall–Kier alpha value is -1.99. The molecule has 0 aliphatic carbocycles. The first-order chi connectivity index (χ1) is 10.1. The van der Waals surface area contributed by atoms with Gasteiger partial charge in [0.2, 0.25) is 0 Å². The second kappa shape index (κ2) is 5.42. The van der Waals surface area contributed by atoms with Gasteiger partial charge in [-0.1, -0.05) is 17.7 Å². The van der Waals surface area contributed by atoms with Crippen LogP contribution in [0.4, 0.5) is 10.1 Å². The molecule has 1 heterocycles. The van der Waals surface area contributed by atoms with E-state index in [9.17, 15) is 4.39 Å². The predicted octanol–water partition coefficient (Wildman–Crippen LogP) is 3.47. The van der Waals surface area contributed by atoms with Crippen molar-refractivity contribution in [3.63, 3.8) is 0 Å². The summed E-state index contributed by atoms with van der Waals surface area (Å²) in [6, 6.07) is 9.64. The highest BCUT2D eigenvalue weighted by molar-refractivity contribution is 9.10. The largest absolute Gasteiger partial charge is 0.398 e. The van der Waals surface area contributed by atoms with E-state index < -0.39 is 5.82 Å². The van der Waals surface area contributed by atoms with E-state index in [1.54, 1.807) is 18.2 Å². The van der Waals surface area contributed by atoms with Gasteiger partial charge in [0.1, 0.15) is 5.82 Å². The molecule has 3 rings (SSSR count). The molecule has 0 atom stereocenters. The van der Waals surface area contributed by atoms with Gasteiger partial charge in [0.25, 0.3) is 0 Å². The first kappa shape index (κ1) is 14.0. The van der Waals surface area contributed by atoms with Crippen molar-refractivity contribution in [2.45, 2.75) is 0 Å². The lowest BCUT2D eigenvalue weighted by Crippen LogP contribution is -2.01. The molecule has 0 amide bonds. The van der Waals surface area contributed by atoms with E-state index in [0.29, 0.717) is 21.7 Å². The highest BCUT2D eigenvalue weighted by Gasteiger charge is 2.15. The summed E-state index contributed by atoms with van der Waals surface area (Å²) in [6.07, 6.45) is 0. The topological polar surface area (TPSA) is 69.6 Å². The van der Waals surface area contributed by atoms with Gasteiger partial charge < -0.3 is 5.73 Å². The van der Waals surface area contributed by atoms with Gasteiger partial charge in [-0.25, -0.2) is 4.39 Å². The van der Waals surface area contributed by atoms with Crippen LogP contribution in [-0.4, -0.2) is 20.2 Å². The third kappa shape index (κ3) is 2.50. The molecule has 0 aliphatic rings. The van der Waals surface area contributed by atoms with E-state index in [1.807, 2.05) is 6.07 Å². The molecule has 0 radical (unpaired) electrons. The Morgan fingerprint density at radius 2 is 2.05 bits per heavy atom. The van der Waals surface area contributed by atoms with Crippen LogP contribution in [0.15, 0.2) is 40.9 Å². The van der Waals surface area contributed by atoms with Crippen LogP contribution in [0.1, 0.15) is 0 Å². The number of halogens is 3. The molecular formula is C13H8BrClFN5. The summed E-state index contributed by atoms with van der Waals surface area (Å²) in [7, 11) is 0. The summed E-state index contributed by atoms with van der Waals surface area (Å²) in [4.78, 5) is 0. The van der Waals surface area contributed by atoms with Crippen LogP contribution < -0.4 is 5.73 Å². The lowest BCUT2D eigenvalue weighted by Gasteiger charge is -2.08. The number of nitrogens with two attached hydrogens (primary N) is 1. The molecule has 1 aromatic heterocycles. The van der Waals surface area contributed by atoms with Gasteiger partial charge in [0, 0.05) is 11.3 Å². The molecule has 8 heteroatoms. The van der Waals surface area contributed by atoms with E-state index in [1.165, 1.54) is 16.8 Å². The third-order valence-electron chi connectivity index (χ3n) is 2.89. The van der Waals surface area contributed by atoms with Crippen molar-refractivity contribution in [2.75, 3.05) is 5.73 Å². The molecule has 0 unspecified atom stereocenters. The predicted molar refractivity (Wildman–Crippen MR) is 81.7 cm³/mol. The molecule has 3 aromatic rings. The zero-order valence-corrected chi connectivity index (χ0v) is 12.8. The Kier molecular flexibility index (Phi) is 3.60. The summed E-state index contributed by atoms with van der Waals surface area (Å²) < 4.78 is 15.4. The van der Waals surface area contributed by atoms with Crippen molar-refractivity contribution in [3.8, 4) is 17.1 Å². The normalized spacial score (nSPS) is 10.8. The molecular weight excluding hydrogens is 361 g/mol. The van der Waals surface area contributed by atoms with Crippen molar-refractivity contribution in [1.29, 1.82) is 0 Å². The Balaban J connectivity index is 2.17. The summed E-state index contributed by atoms with van der Waals surface area (Å²) in [6.45, 7) is 0. The molecule has 0 saturated heterocycles. The van der Waals surface area contributed by atoms with E-state index in [-0.39, 0.29) is 5.02 Å². The van der Waals surface area contributed by atoms with E-state index >= 15 is 0 Å². The van der Waals surface area contributed by atoms with Crippen molar-refractivity contribution in [1.82, 2.24) is 20.2 Å². The van der Waals surface area contributed by atoms with Gasteiger partial charge in [0.05, 0.1) is 15.2 Å². The second-order valence-corrected chi connectivity index (χ2v) is 5.42. The lowest BCUT2D eigenvalue weighted by atomic mass is 10.2. The first-order valence-electron chi connectivity index (χ1n) is 5.86. The molecule has 0 bridgehead atoms. The van der Waals surface area contributed by atoms with Crippen molar-refractivity contribution in [2.24, 2.45) is 0 Å². The fourth-order valence-corrected chi connectivity index (χ4v) is 2.48. The number of anilines is 1. The van der Waals surface area contributed by atoms with Gasteiger partial charge in [-0.3, -0.25) is 0 Å². The smallest absolute Gasteiger partial charge is 0.188 e. The first-order valence-corrected chi connectivity index (χ1v) is 7.03. The molecule has 2 aromatic carbocycles. The third-order valence-corrected chi connectivity index (χ3v) is 4.06. The molecule has 2 N–H and O–H groups in total. The summed E-state index contributed by atoms with van der Waals surface area (Å²) >= 11 is 9.21. The molecule has 21 heavy (non-hydrogen) atoms. The minimum Gasteiger partial charge on any atom is -0.398 e. The molecule has 106 valence electrons. The maximum Gasteiger partial charge on any atom is 0.188 e. The van der Waals surface area contributed by atoms with Gasteiger partial charge in [-0.2, -0.15) is 4.68 Å². The number of nitrogen functional groups attached to an aromatic ring is 1. The maximum absolute atomic E-state index is 13.3. The summed E-state index contributed by atoms with van der Waals surface area (Å²) in [5, 5.41) is 11.6. The SMILES string of the molecule is Nc1cccc(-c2nnnn2-c2ccc(F)c(Cl)c2)c1Br. The minimum atomic E-state index is -0.500. The number of hydrogen-bond acceptors (Lipinski definition) is 4. The fourth-order valence-electron chi connectivity index (χ4n) is 1.87. The Labute approximate surface area is 132 Å². The van der Waals surface area contributed by atoms with Crippen molar-refractivity contribution in [3.05, 3.63) is 51.7 Å². The van der Waals surface area contributed by atoms with Crippen LogP contribution in [0.5, 0.6) is 0 Å². The van der Waals surface area contributed by atoms with Crippen LogP contribution in [-0.2, 0) is 0 Å². The van der Waals surface area contributed by atoms with Crippen molar-refractivity contribution < 1.29 is 4.39 Å². The Morgan fingerprint density at radius 3 is 2.81 bits per heavy atom. The summed E-state index contributed by atoms with van der Waals surface area (Å²) in [5.74, 6) is -0.0305. The number of nitrogens with zero attached hydrogens (tertiary/aromatic N) is 4. The number of aromatic nitrogens is 4. The average Bonchev–Trinajstić information content (AvgIpc) is 2.94.